The lowest BCUT2D eigenvalue weighted by atomic mass is 9.92. The van der Waals surface area contributed by atoms with Gasteiger partial charge in [-0.1, -0.05) is 13.8 Å². The Morgan fingerprint density at radius 1 is 1.57 bits per heavy atom. The van der Waals surface area contributed by atoms with E-state index < -0.39 is 0 Å². The molecule has 1 aliphatic rings. The first-order valence-electron chi connectivity index (χ1n) is 5.41. The molecule has 1 N–H and O–H groups in total. The predicted molar refractivity (Wildman–Crippen MR) is 57.0 cm³/mol. The minimum Gasteiger partial charge on any atom is -0.468 e. The lowest BCUT2D eigenvalue weighted by Crippen LogP contribution is -2.26. The SMILES string of the molecule is CC1(C)CCC(NCc2ccco2)C1. The van der Waals surface area contributed by atoms with Crippen LogP contribution in [0.15, 0.2) is 22.8 Å². The molecule has 1 atom stereocenters. The van der Waals surface area contributed by atoms with Crippen molar-refractivity contribution in [2.75, 3.05) is 0 Å². The van der Waals surface area contributed by atoms with E-state index in [4.69, 9.17) is 4.42 Å². The summed E-state index contributed by atoms with van der Waals surface area (Å²) >= 11 is 0. The van der Waals surface area contributed by atoms with Crippen molar-refractivity contribution in [2.45, 2.75) is 45.7 Å². The second kappa shape index (κ2) is 3.77. The molecule has 0 bridgehead atoms. The molecule has 1 unspecified atom stereocenters. The summed E-state index contributed by atoms with van der Waals surface area (Å²) in [6.07, 6.45) is 5.65. The van der Waals surface area contributed by atoms with Crippen LogP contribution in [0.25, 0.3) is 0 Å². The third kappa shape index (κ3) is 2.38. The molecule has 0 radical (unpaired) electrons. The van der Waals surface area contributed by atoms with Gasteiger partial charge in [-0.15, -0.1) is 0 Å². The van der Waals surface area contributed by atoms with Crippen LogP contribution in [0.3, 0.4) is 0 Å². The van der Waals surface area contributed by atoms with Crippen molar-refractivity contribution in [2.24, 2.45) is 5.41 Å². The van der Waals surface area contributed by atoms with Gasteiger partial charge in [-0.05, 0) is 36.8 Å². The Balaban J connectivity index is 1.78. The van der Waals surface area contributed by atoms with Crippen LogP contribution < -0.4 is 5.32 Å². The quantitative estimate of drug-likeness (QED) is 0.798. The molecule has 78 valence electrons. The van der Waals surface area contributed by atoms with Gasteiger partial charge >= 0.3 is 0 Å². The maximum Gasteiger partial charge on any atom is 0.117 e. The van der Waals surface area contributed by atoms with E-state index >= 15 is 0 Å². The van der Waals surface area contributed by atoms with Gasteiger partial charge in [-0.2, -0.15) is 0 Å². The molecule has 0 spiro atoms. The molecule has 2 heteroatoms. The predicted octanol–water partition coefficient (Wildman–Crippen LogP) is 2.95. The lowest BCUT2D eigenvalue weighted by Gasteiger charge is -2.17. The Morgan fingerprint density at radius 3 is 3.00 bits per heavy atom. The summed E-state index contributed by atoms with van der Waals surface area (Å²) in [6, 6.07) is 4.64. The summed E-state index contributed by atoms with van der Waals surface area (Å²) in [5, 5.41) is 3.55. The zero-order valence-electron chi connectivity index (χ0n) is 9.05. The van der Waals surface area contributed by atoms with Crippen LogP contribution >= 0.6 is 0 Å². The van der Waals surface area contributed by atoms with Crippen molar-refractivity contribution in [1.29, 1.82) is 0 Å². The summed E-state index contributed by atoms with van der Waals surface area (Å²) in [7, 11) is 0. The van der Waals surface area contributed by atoms with Crippen LogP contribution in [0, 0.1) is 5.41 Å². The Labute approximate surface area is 85.7 Å². The number of rotatable bonds is 3. The van der Waals surface area contributed by atoms with Gasteiger partial charge in [-0.25, -0.2) is 0 Å². The molecule has 0 aromatic carbocycles. The molecule has 14 heavy (non-hydrogen) atoms. The standard InChI is InChI=1S/C12H19NO/c1-12(2)6-5-10(8-12)13-9-11-4-3-7-14-11/h3-4,7,10,13H,5-6,8-9H2,1-2H3. The molecule has 1 heterocycles. The highest BCUT2D eigenvalue weighted by Crippen LogP contribution is 2.36. The molecule has 2 rings (SSSR count). The Hall–Kier alpha value is -0.760. The summed E-state index contributed by atoms with van der Waals surface area (Å²) in [5.74, 6) is 1.04. The van der Waals surface area contributed by atoms with Gasteiger partial charge in [0.05, 0.1) is 12.8 Å². The van der Waals surface area contributed by atoms with Gasteiger partial charge in [0, 0.05) is 6.04 Å². The second-order valence-corrected chi connectivity index (χ2v) is 5.06. The van der Waals surface area contributed by atoms with E-state index in [2.05, 4.69) is 19.2 Å². The first-order chi connectivity index (χ1) is 6.66. The van der Waals surface area contributed by atoms with Gasteiger partial charge in [0.2, 0.25) is 0 Å². The number of hydrogen-bond acceptors (Lipinski definition) is 2. The molecule has 1 fully saturated rings. The maximum absolute atomic E-state index is 5.28. The summed E-state index contributed by atoms with van der Waals surface area (Å²) in [5.41, 5.74) is 0.529. The summed E-state index contributed by atoms with van der Waals surface area (Å²) in [6.45, 7) is 5.57. The van der Waals surface area contributed by atoms with E-state index in [9.17, 15) is 0 Å². The van der Waals surface area contributed by atoms with Gasteiger partial charge in [-0.3, -0.25) is 0 Å². The minimum absolute atomic E-state index is 0.529. The van der Waals surface area contributed by atoms with Crippen LogP contribution in [0.5, 0.6) is 0 Å². The normalized spacial score (nSPS) is 25.4. The molecule has 0 aliphatic heterocycles. The highest BCUT2D eigenvalue weighted by molar-refractivity contribution is 4.98. The largest absolute Gasteiger partial charge is 0.468 e. The van der Waals surface area contributed by atoms with Crippen LogP contribution in [0.4, 0.5) is 0 Å². The zero-order valence-corrected chi connectivity index (χ0v) is 9.05. The maximum atomic E-state index is 5.28. The average Bonchev–Trinajstić information content (AvgIpc) is 2.70. The first-order valence-corrected chi connectivity index (χ1v) is 5.41. The second-order valence-electron chi connectivity index (χ2n) is 5.06. The topological polar surface area (TPSA) is 25.2 Å². The van der Waals surface area contributed by atoms with E-state index in [1.807, 2.05) is 12.1 Å². The van der Waals surface area contributed by atoms with Crippen molar-refractivity contribution in [3.63, 3.8) is 0 Å². The van der Waals surface area contributed by atoms with Gasteiger partial charge < -0.3 is 9.73 Å². The van der Waals surface area contributed by atoms with Crippen molar-refractivity contribution in [3.8, 4) is 0 Å². The lowest BCUT2D eigenvalue weighted by molar-refractivity contribution is 0.359. The Bertz CT molecular complexity index is 277. The molecular weight excluding hydrogens is 174 g/mol. The minimum atomic E-state index is 0.529. The Morgan fingerprint density at radius 2 is 2.43 bits per heavy atom. The zero-order chi connectivity index (χ0) is 10.0. The number of furan rings is 1. The highest BCUT2D eigenvalue weighted by Gasteiger charge is 2.30. The molecule has 2 nitrogen and oxygen atoms in total. The molecular formula is C12H19NO. The molecule has 1 aromatic heterocycles. The third-order valence-electron chi connectivity index (χ3n) is 3.11. The number of nitrogens with one attached hydrogen (secondary N) is 1. The Kier molecular flexibility index (Phi) is 2.64. The van der Waals surface area contributed by atoms with Crippen molar-refractivity contribution in [1.82, 2.24) is 5.32 Å². The number of hydrogen-bond donors (Lipinski definition) is 1. The van der Waals surface area contributed by atoms with Crippen LogP contribution in [-0.4, -0.2) is 6.04 Å². The van der Waals surface area contributed by atoms with Crippen molar-refractivity contribution < 1.29 is 4.42 Å². The fourth-order valence-electron chi connectivity index (χ4n) is 2.27. The van der Waals surface area contributed by atoms with Gasteiger partial charge in [0.15, 0.2) is 0 Å². The van der Waals surface area contributed by atoms with Gasteiger partial charge in [0.1, 0.15) is 5.76 Å². The smallest absolute Gasteiger partial charge is 0.117 e. The van der Waals surface area contributed by atoms with Crippen molar-refractivity contribution >= 4 is 0 Å². The molecule has 1 aromatic rings. The van der Waals surface area contributed by atoms with E-state index in [1.54, 1.807) is 6.26 Å². The van der Waals surface area contributed by atoms with Gasteiger partial charge in [0.25, 0.3) is 0 Å². The fourth-order valence-corrected chi connectivity index (χ4v) is 2.27. The molecule has 0 amide bonds. The van der Waals surface area contributed by atoms with E-state index in [0.717, 1.165) is 12.3 Å². The van der Waals surface area contributed by atoms with Crippen LogP contribution in [-0.2, 0) is 6.54 Å². The molecule has 1 saturated carbocycles. The third-order valence-corrected chi connectivity index (χ3v) is 3.11. The molecule has 0 saturated heterocycles. The monoisotopic (exact) mass is 193 g/mol. The van der Waals surface area contributed by atoms with Crippen LogP contribution in [0.2, 0.25) is 0 Å². The summed E-state index contributed by atoms with van der Waals surface area (Å²) in [4.78, 5) is 0. The van der Waals surface area contributed by atoms with E-state index in [1.165, 1.54) is 19.3 Å². The highest BCUT2D eigenvalue weighted by atomic mass is 16.3. The van der Waals surface area contributed by atoms with E-state index in [-0.39, 0.29) is 0 Å². The summed E-state index contributed by atoms with van der Waals surface area (Å²) < 4.78 is 5.28. The average molecular weight is 193 g/mol. The van der Waals surface area contributed by atoms with Crippen LogP contribution in [0.1, 0.15) is 38.9 Å². The first kappa shape index (κ1) is 9.78. The molecule has 1 aliphatic carbocycles. The van der Waals surface area contributed by atoms with Crippen molar-refractivity contribution in [3.05, 3.63) is 24.2 Å². The fraction of sp³-hybridized carbons (Fsp3) is 0.667. The van der Waals surface area contributed by atoms with E-state index in [0.29, 0.717) is 11.5 Å².